The second kappa shape index (κ2) is 6.11. The third-order valence-corrected chi connectivity index (χ3v) is 3.37. The first-order chi connectivity index (χ1) is 8.16. The zero-order chi connectivity index (χ0) is 12.1. The van der Waals surface area contributed by atoms with E-state index < -0.39 is 5.60 Å². The van der Waals surface area contributed by atoms with Crippen LogP contribution in [0.15, 0.2) is 0 Å². The van der Waals surface area contributed by atoms with Crippen molar-refractivity contribution in [3.8, 4) is 0 Å². The number of hydrogen-bond acceptors (Lipinski definition) is 5. The molecule has 0 aliphatic carbocycles. The van der Waals surface area contributed by atoms with Gasteiger partial charge >= 0.3 is 0 Å². The lowest BCUT2D eigenvalue weighted by Crippen LogP contribution is -2.52. The molecule has 0 aromatic heterocycles. The van der Waals surface area contributed by atoms with Crippen molar-refractivity contribution in [3.63, 3.8) is 0 Å². The Kier molecular flexibility index (Phi) is 4.76. The molecule has 0 amide bonds. The predicted octanol–water partition coefficient (Wildman–Crippen LogP) is -0.552. The summed E-state index contributed by atoms with van der Waals surface area (Å²) in [6.45, 7) is 8.23. The summed E-state index contributed by atoms with van der Waals surface area (Å²) in [6.07, 6.45) is 1.05. The largest absolute Gasteiger partial charge is 0.388 e. The normalized spacial score (nSPS) is 30.4. The Bertz CT molecular complexity index is 224. The number of β-amino-alcohol motifs (C(OH)–C–C–N with tert-alkyl or cyclic N) is 1. The van der Waals surface area contributed by atoms with Crippen LogP contribution in [0.25, 0.3) is 0 Å². The van der Waals surface area contributed by atoms with Crippen molar-refractivity contribution in [2.45, 2.75) is 25.0 Å². The van der Waals surface area contributed by atoms with Crippen LogP contribution in [0.2, 0.25) is 0 Å². The zero-order valence-corrected chi connectivity index (χ0v) is 10.7. The molecule has 2 aliphatic heterocycles. The standard InChI is InChI=1S/C12H24N2O3/c1-12(15,9-13-11-2-5-17-8-11)10-14-3-6-16-7-4-14/h11,13,15H,2-10H2,1H3. The molecule has 5 heteroatoms. The molecule has 0 aromatic rings. The van der Waals surface area contributed by atoms with Crippen molar-refractivity contribution < 1.29 is 14.6 Å². The first kappa shape index (κ1) is 13.2. The van der Waals surface area contributed by atoms with E-state index in [1.165, 1.54) is 0 Å². The Labute approximate surface area is 103 Å². The van der Waals surface area contributed by atoms with E-state index in [1.54, 1.807) is 0 Å². The maximum Gasteiger partial charge on any atom is 0.0869 e. The summed E-state index contributed by atoms with van der Waals surface area (Å²) in [4.78, 5) is 2.26. The maximum absolute atomic E-state index is 10.3. The number of ether oxygens (including phenoxy) is 2. The van der Waals surface area contributed by atoms with Gasteiger partial charge in [-0.05, 0) is 13.3 Å². The van der Waals surface area contributed by atoms with Crippen molar-refractivity contribution in [3.05, 3.63) is 0 Å². The molecule has 100 valence electrons. The summed E-state index contributed by atoms with van der Waals surface area (Å²) < 4.78 is 10.6. The highest BCUT2D eigenvalue weighted by atomic mass is 16.5. The second-order valence-corrected chi connectivity index (χ2v) is 5.33. The quantitative estimate of drug-likeness (QED) is 0.679. The fourth-order valence-corrected chi connectivity index (χ4v) is 2.36. The minimum absolute atomic E-state index is 0.408. The lowest BCUT2D eigenvalue weighted by Gasteiger charge is -2.34. The van der Waals surface area contributed by atoms with E-state index in [1.807, 2.05) is 6.92 Å². The molecule has 2 unspecified atom stereocenters. The van der Waals surface area contributed by atoms with E-state index >= 15 is 0 Å². The molecule has 0 aromatic carbocycles. The van der Waals surface area contributed by atoms with Gasteiger partial charge in [0.15, 0.2) is 0 Å². The van der Waals surface area contributed by atoms with Gasteiger partial charge in [0.2, 0.25) is 0 Å². The number of rotatable bonds is 5. The minimum Gasteiger partial charge on any atom is -0.388 e. The lowest BCUT2D eigenvalue weighted by atomic mass is 10.1. The molecule has 0 saturated carbocycles. The fraction of sp³-hybridized carbons (Fsp3) is 1.00. The Morgan fingerprint density at radius 3 is 2.71 bits per heavy atom. The predicted molar refractivity (Wildman–Crippen MR) is 65.1 cm³/mol. The Morgan fingerprint density at radius 1 is 1.29 bits per heavy atom. The molecular weight excluding hydrogens is 220 g/mol. The molecule has 5 nitrogen and oxygen atoms in total. The van der Waals surface area contributed by atoms with E-state index in [2.05, 4.69) is 10.2 Å². The van der Waals surface area contributed by atoms with Crippen molar-refractivity contribution in [1.29, 1.82) is 0 Å². The molecular formula is C12H24N2O3. The number of nitrogens with zero attached hydrogens (tertiary/aromatic N) is 1. The second-order valence-electron chi connectivity index (χ2n) is 5.33. The van der Waals surface area contributed by atoms with Gasteiger partial charge in [0.05, 0.1) is 25.4 Å². The highest BCUT2D eigenvalue weighted by Gasteiger charge is 2.26. The van der Waals surface area contributed by atoms with Crippen LogP contribution in [0.4, 0.5) is 0 Å². The highest BCUT2D eigenvalue weighted by molar-refractivity contribution is 4.83. The molecule has 2 saturated heterocycles. The van der Waals surface area contributed by atoms with E-state index in [9.17, 15) is 5.11 Å². The fourth-order valence-electron chi connectivity index (χ4n) is 2.36. The molecule has 2 atom stereocenters. The summed E-state index contributed by atoms with van der Waals surface area (Å²) in [6, 6.07) is 0.408. The molecule has 2 aliphatic rings. The molecule has 0 bridgehead atoms. The van der Waals surface area contributed by atoms with Crippen LogP contribution in [-0.2, 0) is 9.47 Å². The molecule has 2 N–H and O–H groups in total. The molecule has 2 fully saturated rings. The van der Waals surface area contributed by atoms with Gasteiger partial charge in [0.25, 0.3) is 0 Å². The van der Waals surface area contributed by atoms with Gasteiger partial charge in [-0.15, -0.1) is 0 Å². The van der Waals surface area contributed by atoms with Crippen molar-refractivity contribution in [2.24, 2.45) is 0 Å². The smallest absolute Gasteiger partial charge is 0.0869 e. The number of morpholine rings is 1. The van der Waals surface area contributed by atoms with Crippen LogP contribution < -0.4 is 5.32 Å². The Balaban J connectivity index is 1.68. The van der Waals surface area contributed by atoms with Gasteiger partial charge in [-0.25, -0.2) is 0 Å². The molecule has 0 spiro atoms. The number of hydrogen-bond donors (Lipinski definition) is 2. The Morgan fingerprint density at radius 2 is 2.06 bits per heavy atom. The first-order valence-electron chi connectivity index (χ1n) is 6.49. The average molecular weight is 244 g/mol. The summed E-state index contributed by atoms with van der Waals surface area (Å²) in [5, 5.41) is 13.7. The topological polar surface area (TPSA) is 54.0 Å². The number of aliphatic hydroxyl groups is 1. The minimum atomic E-state index is -0.681. The third kappa shape index (κ3) is 4.52. The van der Waals surface area contributed by atoms with Crippen molar-refractivity contribution in [2.75, 3.05) is 52.6 Å². The molecule has 2 rings (SSSR count). The summed E-state index contributed by atoms with van der Waals surface area (Å²) in [5.41, 5.74) is -0.681. The van der Waals surface area contributed by atoms with E-state index in [0.29, 0.717) is 19.1 Å². The van der Waals surface area contributed by atoms with Gasteiger partial charge in [0, 0.05) is 38.8 Å². The molecule has 17 heavy (non-hydrogen) atoms. The van der Waals surface area contributed by atoms with E-state index in [0.717, 1.165) is 45.9 Å². The summed E-state index contributed by atoms with van der Waals surface area (Å²) in [7, 11) is 0. The van der Waals surface area contributed by atoms with Crippen LogP contribution >= 0.6 is 0 Å². The molecule has 0 radical (unpaired) electrons. The monoisotopic (exact) mass is 244 g/mol. The summed E-state index contributed by atoms with van der Waals surface area (Å²) >= 11 is 0. The average Bonchev–Trinajstić information content (AvgIpc) is 2.80. The lowest BCUT2D eigenvalue weighted by molar-refractivity contribution is -0.0229. The van der Waals surface area contributed by atoms with E-state index in [-0.39, 0.29) is 0 Å². The van der Waals surface area contributed by atoms with Crippen LogP contribution in [0.3, 0.4) is 0 Å². The molecule has 2 heterocycles. The van der Waals surface area contributed by atoms with Gasteiger partial charge in [0.1, 0.15) is 0 Å². The first-order valence-corrected chi connectivity index (χ1v) is 6.49. The third-order valence-electron chi connectivity index (χ3n) is 3.37. The van der Waals surface area contributed by atoms with Crippen molar-refractivity contribution in [1.82, 2.24) is 10.2 Å². The number of nitrogens with one attached hydrogen (secondary N) is 1. The van der Waals surface area contributed by atoms with Crippen LogP contribution in [0.1, 0.15) is 13.3 Å². The van der Waals surface area contributed by atoms with Crippen molar-refractivity contribution >= 4 is 0 Å². The van der Waals surface area contributed by atoms with E-state index in [4.69, 9.17) is 9.47 Å². The van der Waals surface area contributed by atoms with Gasteiger partial charge in [-0.2, -0.15) is 0 Å². The maximum atomic E-state index is 10.3. The highest BCUT2D eigenvalue weighted by Crippen LogP contribution is 2.10. The van der Waals surface area contributed by atoms with Gasteiger partial charge in [-0.3, -0.25) is 4.90 Å². The Hall–Kier alpha value is -0.200. The van der Waals surface area contributed by atoms with Crippen LogP contribution in [-0.4, -0.2) is 74.3 Å². The van der Waals surface area contributed by atoms with Gasteiger partial charge in [-0.1, -0.05) is 0 Å². The SMILES string of the molecule is CC(O)(CNC1CCOC1)CN1CCOCC1. The van der Waals surface area contributed by atoms with Gasteiger partial charge < -0.3 is 19.9 Å². The van der Waals surface area contributed by atoms with Crippen LogP contribution in [0.5, 0.6) is 0 Å². The van der Waals surface area contributed by atoms with Crippen LogP contribution in [0, 0.1) is 0 Å². The summed E-state index contributed by atoms with van der Waals surface area (Å²) in [5.74, 6) is 0. The zero-order valence-electron chi connectivity index (χ0n) is 10.7.